The summed E-state index contributed by atoms with van der Waals surface area (Å²) in [6.45, 7) is 1.53. The minimum absolute atomic E-state index is 0.177. The van der Waals surface area contributed by atoms with Crippen LogP contribution in [0.4, 0.5) is 15.8 Å². The molecule has 2 aromatic rings. The Morgan fingerprint density at radius 3 is 2.90 bits per heavy atom. The van der Waals surface area contributed by atoms with Crippen molar-refractivity contribution in [3.8, 4) is 0 Å². The predicted molar refractivity (Wildman–Crippen MR) is 73.4 cm³/mol. The van der Waals surface area contributed by atoms with Crippen molar-refractivity contribution in [2.75, 3.05) is 25.0 Å². The first-order valence-electron chi connectivity index (χ1n) is 6.24. The van der Waals surface area contributed by atoms with E-state index in [0.717, 1.165) is 19.2 Å². The SMILES string of the molecule is CN(c1c(F)cc([N+](=O)[O-])c2cccnc12)C1CNC1. The van der Waals surface area contributed by atoms with Crippen LogP contribution in [0.15, 0.2) is 24.4 Å². The van der Waals surface area contributed by atoms with Crippen molar-refractivity contribution in [1.29, 1.82) is 0 Å². The molecule has 7 heteroatoms. The number of nitro groups is 1. The third-order valence-corrected chi connectivity index (χ3v) is 3.65. The van der Waals surface area contributed by atoms with Gasteiger partial charge in [0, 0.05) is 26.3 Å². The number of fused-ring (bicyclic) bond motifs is 1. The summed E-state index contributed by atoms with van der Waals surface area (Å²) in [7, 11) is 1.78. The number of rotatable bonds is 3. The fourth-order valence-corrected chi connectivity index (χ4v) is 2.40. The summed E-state index contributed by atoms with van der Waals surface area (Å²) in [6.07, 6.45) is 1.52. The molecule has 0 atom stereocenters. The second-order valence-electron chi connectivity index (χ2n) is 4.81. The van der Waals surface area contributed by atoms with Crippen molar-refractivity contribution < 1.29 is 9.31 Å². The molecule has 0 aliphatic carbocycles. The number of hydrogen-bond donors (Lipinski definition) is 1. The second kappa shape index (κ2) is 4.68. The first-order valence-corrected chi connectivity index (χ1v) is 6.24. The van der Waals surface area contributed by atoms with Gasteiger partial charge in [0.2, 0.25) is 0 Å². The number of nitro benzene ring substituents is 1. The van der Waals surface area contributed by atoms with E-state index in [1.54, 1.807) is 24.1 Å². The average Bonchev–Trinajstić information content (AvgIpc) is 2.35. The van der Waals surface area contributed by atoms with E-state index in [0.29, 0.717) is 16.6 Å². The molecule has 0 unspecified atom stereocenters. The van der Waals surface area contributed by atoms with Crippen molar-refractivity contribution in [2.24, 2.45) is 0 Å². The highest BCUT2D eigenvalue weighted by molar-refractivity contribution is 5.97. The molecule has 1 aliphatic heterocycles. The quantitative estimate of drug-likeness (QED) is 0.682. The van der Waals surface area contributed by atoms with Gasteiger partial charge >= 0.3 is 0 Å². The molecular formula is C13H13FN4O2. The first-order chi connectivity index (χ1) is 9.59. The van der Waals surface area contributed by atoms with Crippen LogP contribution in [0.2, 0.25) is 0 Å². The van der Waals surface area contributed by atoms with Gasteiger partial charge in [-0.2, -0.15) is 0 Å². The number of likely N-dealkylation sites (N-methyl/N-ethyl adjacent to an activating group) is 1. The van der Waals surface area contributed by atoms with Crippen LogP contribution < -0.4 is 10.2 Å². The third-order valence-electron chi connectivity index (χ3n) is 3.65. The zero-order valence-electron chi connectivity index (χ0n) is 10.8. The molecule has 1 saturated heterocycles. The molecule has 0 saturated carbocycles. The molecule has 6 nitrogen and oxygen atoms in total. The molecule has 1 N–H and O–H groups in total. The maximum atomic E-state index is 14.3. The van der Waals surface area contributed by atoms with Crippen molar-refractivity contribution in [3.63, 3.8) is 0 Å². The fourth-order valence-electron chi connectivity index (χ4n) is 2.40. The lowest BCUT2D eigenvalue weighted by Gasteiger charge is -2.37. The Hall–Kier alpha value is -2.28. The fraction of sp³-hybridized carbons (Fsp3) is 0.308. The predicted octanol–water partition coefficient (Wildman–Crippen LogP) is 1.69. The van der Waals surface area contributed by atoms with Crippen LogP contribution in [0, 0.1) is 15.9 Å². The lowest BCUT2D eigenvalue weighted by molar-refractivity contribution is -0.383. The molecule has 0 amide bonds. The molecule has 0 bridgehead atoms. The lowest BCUT2D eigenvalue weighted by atomic mass is 10.1. The van der Waals surface area contributed by atoms with Gasteiger partial charge < -0.3 is 10.2 Å². The van der Waals surface area contributed by atoms with Crippen molar-refractivity contribution in [2.45, 2.75) is 6.04 Å². The van der Waals surface area contributed by atoms with E-state index in [2.05, 4.69) is 10.3 Å². The highest BCUT2D eigenvalue weighted by Crippen LogP contribution is 2.35. The Labute approximate surface area is 114 Å². The van der Waals surface area contributed by atoms with Crippen molar-refractivity contribution in [3.05, 3.63) is 40.3 Å². The van der Waals surface area contributed by atoms with Gasteiger partial charge in [-0.1, -0.05) is 0 Å². The molecule has 20 heavy (non-hydrogen) atoms. The summed E-state index contributed by atoms with van der Waals surface area (Å²) in [5.74, 6) is -0.614. The minimum Gasteiger partial charge on any atom is -0.365 e. The Morgan fingerprint density at radius 1 is 1.55 bits per heavy atom. The van der Waals surface area contributed by atoms with E-state index in [4.69, 9.17) is 0 Å². The standard InChI is InChI=1S/C13H13FN4O2/c1-17(8-6-15-7-8)13-10(14)5-11(18(19)20)9-3-2-4-16-12(9)13/h2-5,8,15H,6-7H2,1H3. The summed E-state index contributed by atoms with van der Waals surface area (Å²) in [5.41, 5.74) is 0.390. The van der Waals surface area contributed by atoms with Crippen LogP contribution in [-0.2, 0) is 0 Å². The molecule has 0 spiro atoms. The van der Waals surface area contributed by atoms with Crippen LogP contribution in [0.25, 0.3) is 10.9 Å². The molecule has 104 valence electrons. The van der Waals surface area contributed by atoms with E-state index in [1.807, 2.05) is 0 Å². The molecule has 2 heterocycles. The Balaban J connectivity index is 2.24. The monoisotopic (exact) mass is 276 g/mol. The molecule has 1 fully saturated rings. The van der Waals surface area contributed by atoms with Gasteiger partial charge in [0.05, 0.1) is 22.4 Å². The van der Waals surface area contributed by atoms with Crippen LogP contribution >= 0.6 is 0 Å². The van der Waals surface area contributed by atoms with Gasteiger partial charge in [0.1, 0.15) is 11.2 Å². The van der Waals surface area contributed by atoms with Gasteiger partial charge in [0.15, 0.2) is 5.82 Å². The largest absolute Gasteiger partial charge is 0.365 e. The van der Waals surface area contributed by atoms with E-state index >= 15 is 0 Å². The van der Waals surface area contributed by atoms with Gasteiger partial charge in [-0.15, -0.1) is 0 Å². The average molecular weight is 276 g/mol. The molecular weight excluding hydrogens is 263 g/mol. The first kappa shape index (κ1) is 12.7. The Kier molecular flexibility index (Phi) is 2.98. The van der Waals surface area contributed by atoms with Gasteiger partial charge in [-0.05, 0) is 12.1 Å². The van der Waals surface area contributed by atoms with E-state index < -0.39 is 10.7 Å². The number of benzene rings is 1. The van der Waals surface area contributed by atoms with Crippen molar-refractivity contribution in [1.82, 2.24) is 10.3 Å². The van der Waals surface area contributed by atoms with E-state index in [9.17, 15) is 14.5 Å². The summed E-state index contributed by atoms with van der Waals surface area (Å²) in [4.78, 5) is 16.4. The zero-order valence-corrected chi connectivity index (χ0v) is 10.8. The minimum atomic E-state index is -0.614. The van der Waals surface area contributed by atoms with E-state index in [-0.39, 0.29) is 11.7 Å². The number of pyridine rings is 1. The molecule has 0 radical (unpaired) electrons. The number of anilines is 1. The molecule has 1 aromatic carbocycles. The number of hydrogen-bond acceptors (Lipinski definition) is 5. The summed E-state index contributed by atoms with van der Waals surface area (Å²) >= 11 is 0. The van der Waals surface area contributed by atoms with Crippen molar-refractivity contribution >= 4 is 22.3 Å². The summed E-state index contributed by atoms with van der Waals surface area (Å²) in [5, 5.41) is 14.5. The number of nitrogens with zero attached hydrogens (tertiary/aromatic N) is 3. The van der Waals surface area contributed by atoms with Crippen LogP contribution in [-0.4, -0.2) is 36.1 Å². The lowest BCUT2D eigenvalue weighted by Crippen LogP contribution is -2.56. The van der Waals surface area contributed by atoms with Gasteiger partial charge in [0.25, 0.3) is 5.69 Å². The smallest absolute Gasteiger partial charge is 0.281 e. The highest BCUT2D eigenvalue weighted by atomic mass is 19.1. The molecule has 1 aromatic heterocycles. The summed E-state index contributed by atoms with van der Waals surface area (Å²) in [6, 6.07) is 4.36. The van der Waals surface area contributed by atoms with E-state index in [1.165, 1.54) is 6.20 Å². The summed E-state index contributed by atoms with van der Waals surface area (Å²) < 4.78 is 14.3. The number of non-ortho nitro benzene ring substituents is 1. The number of nitrogens with one attached hydrogen (secondary N) is 1. The third kappa shape index (κ3) is 1.87. The van der Waals surface area contributed by atoms with Gasteiger partial charge in [-0.3, -0.25) is 15.1 Å². The highest BCUT2D eigenvalue weighted by Gasteiger charge is 2.28. The number of aromatic nitrogens is 1. The molecule has 3 rings (SSSR count). The zero-order chi connectivity index (χ0) is 14.3. The topological polar surface area (TPSA) is 71.3 Å². The maximum absolute atomic E-state index is 14.3. The van der Waals surface area contributed by atoms with Crippen LogP contribution in [0.5, 0.6) is 0 Å². The van der Waals surface area contributed by atoms with Gasteiger partial charge in [-0.25, -0.2) is 4.39 Å². The van der Waals surface area contributed by atoms with Crippen LogP contribution in [0.1, 0.15) is 0 Å². The maximum Gasteiger partial charge on any atom is 0.281 e. The Bertz CT molecular complexity index is 687. The normalized spacial score (nSPS) is 15.1. The van der Waals surface area contributed by atoms with Crippen LogP contribution in [0.3, 0.4) is 0 Å². The Morgan fingerprint density at radius 2 is 2.30 bits per heavy atom. The molecule has 1 aliphatic rings. The number of halogens is 1. The second-order valence-corrected chi connectivity index (χ2v) is 4.81.